The van der Waals surface area contributed by atoms with Gasteiger partial charge in [-0.15, -0.1) is 11.3 Å². The Morgan fingerprint density at radius 2 is 2.00 bits per heavy atom. The van der Waals surface area contributed by atoms with Crippen LogP contribution in [0.3, 0.4) is 0 Å². The van der Waals surface area contributed by atoms with Crippen LogP contribution in [-0.4, -0.2) is 12.9 Å². The van der Waals surface area contributed by atoms with E-state index in [-0.39, 0.29) is 5.78 Å². The second-order valence-corrected chi connectivity index (χ2v) is 6.19. The van der Waals surface area contributed by atoms with Gasteiger partial charge in [-0.2, -0.15) is 0 Å². The highest BCUT2D eigenvalue weighted by atomic mass is 79.9. The summed E-state index contributed by atoms with van der Waals surface area (Å²) < 4.78 is 6.17. The van der Waals surface area contributed by atoms with E-state index < -0.39 is 0 Å². The van der Waals surface area contributed by atoms with Crippen molar-refractivity contribution in [3.63, 3.8) is 0 Å². The van der Waals surface area contributed by atoms with Crippen molar-refractivity contribution in [2.45, 2.75) is 6.92 Å². The molecule has 0 spiro atoms. The summed E-state index contributed by atoms with van der Waals surface area (Å²) in [4.78, 5) is 13.4. The minimum atomic E-state index is 0.00176. The fourth-order valence-corrected chi connectivity index (χ4v) is 3.34. The molecule has 0 atom stereocenters. The van der Waals surface area contributed by atoms with Gasteiger partial charge >= 0.3 is 0 Å². The van der Waals surface area contributed by atoms with Crippen molar-refractivity contribution in [2.75, 3.05) is 7.11 Å². The Morgan fingerprint density at radius 3 is 2.59 bits per heavy atom. The van der Waals surface area contributed by atoms with Crippen molar-refractivity contribution in [3.8, 4) is 5.75 Å². The summed E-state index contributed by atoms with van der Waals surface area (Å²) in [5.74, 6) is 0.612. The number of thiophene rings is 1. The number of carbonyl (C=O) groups is 1. The van der Waals surface area contributed by atoms with E-state index >= 15 is 0 Å². The summed E-state index contributed by atoms with van der Waals surface area (Å²) in [6, 6.07) is 9.13. The molecule has 0 aliphatic carbocycles. The molecule has 0 unspecified atom stereocenters. The van der Waals surface area contributed by atoms with Gasteiger partial charge in [0.15, 0.2) is 5.78 Å². The average molecular weight is 311 g/mol. The van der Waals surface area contributed by atoms with Crippen LogP contribution in [0.5, 0.6) is 5.75 Å². The van der Waals surface area contributed by atoms with Crippen molar-refractivity contribution < 1.29 is 9.53 Å². The fraction of sp³-hybridized carbons (Fsp3) is 0.154. The lowest BCUT2D eigenvalue weighted by molar-refractivity contribution is 0.103. The molecule has 17 heavy (non-hydrogen) atoms. The van der Waals surface area contributed by atoms with Crippen molar-refractivity contribution in [3.05, 3.63) is 50.1 Å². The second kappa shape index (κ2) is 5.02. The molecule has 2 aromatic rings. The molecule has 88 valence electrons. The summed E-state index contributed by atoms with van der Waals surface area (Å²) in [6.45, 7) is 1.94. The van der Waals surface area contributed by atoms with Crippen LogP contribution >= 0.6 is 27.3 Å². The lowest BCUT2D eigenvalue weighted by Crippen LogP contribution is -2.03. The van der Waals surface area contributed by atoms with E-state index in [4.69, 9.17) is 4.74 Å². The third-order valence-electron chi connectivity index (χ3n) is 2.48. The SMILES string of the molecule is COc1ccccc1C(=O)c1cc(Br)sc1C. The first-order valence-corrected chi connectivity index (χ1v) is 6.68. The average Bonchev–Trinajstić information content (AvgIpc) is 2.67. The molecule has 2 nitrogen and oxygen atoms in total. The van der Waals surface area contributed by atoms with Crippen molar-refractivity contribution >= 4 is 33.0 Å². The van der Waals surface area contributed by atoms with E-state index in [1.807, 2.05) is 25.1 Å². The number of ether oxygens (including phenoxy) is 1. The lowest BCUT2D eigenvalue weighted by Gasteiger charge is -2.06. The summed E-state index contributed by atoms with van der Waals surface area (Å²) in [7, 11) is 1.57. The van der Waals surface area contributed by atoms with E-state index in [9.17, 15) is 4.79 Å². The fourth-order valence-electron chi connectivity index (χ4n) is 1.65. The zero-order valence-electron chi connectivity index (χ0n) is 9.49. The van der Waals surface area contributed by atoms with Crippen LogP contribution in [0.15, 0.2) is 34.1 Å². The zero-order valence-corrected chi connectivity index (χ0v) is 11.9. The molecule has 0 saturated heterocycles. The number of carbonyl (C=O) groups excluding carboxylic acids is 1. The number of halogens is 1. The molecule has 4 heteroatoms. The number of ketones is 1. The van der Waals surface area contributed by atoms with E-state index in [1.54, 1.807) is 30.6 Å². The molecule has 1 heterocycles. The highest BCUT2D eigenvalue weighted by molar-refractivity contribution is 9.11. The molecule has 0 bridgehead atoms. The molecule has 0 aliphatic heterocycles. The highest BCUT2D eigenvalue weighted by Crippen LogP contribution is 2.30. The Bertz CT molecular complexity index is 560. The smallest absolute Gasteiger partial charge is 0.197 e. The van der Waals surface area contributed by atoms with Crippen LogP contribution in [0.4, 0.5) is 0 Å². The Labute approximate surface area is 112 Å². The van der Waals surface area contributed by atoms with Crippen LogP contribution in [-0.2, 0) is 0 Å². The normalized spacial score (nSPS) is 10.3. The predicted molar refractivity (Wildman–Crippen MR) is 73.2 cm³/mol. The molecule has 0 amide bonds. The van der Waals surface area contributed by atoms with E-state index in [0.717, 1.165) is 14.2 Å². The number of methoxy groups -OCH3 is 1. The zero-order chi connectivity index (χ0) is 12.4. The maximum atomic E-state index is 12.4. The number of hydrogen-bond acceptors (Lipinski definition) is 3. The molecule has 1 aromatic carbocycles. The van der Waals surface area contributed by atoms with Crippen molar-refractivity contribution in [1.29, 1.82) is 0 Å². The summed E-state index contributed by atoms with van der Waals surface area (Å²) in [5.41, 5.74) is 1.33. The van der Waals surface area contributed by atoms with Gasteiger partial charge in [-0.3, -0.25) is 4.79 Å². The van der Waals surface area contributed by atoms with Crippen LogP contribution in [0.2, 0.25) is 0 Å². The minimum Gasteiger partial charge on any atom is -0.496 e. The molecule has 0 radical (unpaired) electrons. The van der Waals surface area contributed by atoms with Crippen LogP contribution in [0, 0.1) is 6.92 Å². The van der Waals surface area contributed by atoms with Crippen molar-refractivity contribution in [1.82, 2.24) is 0 Å². The van der Waals surface area contributed by atoms with E-state index in [2.05, 4.69) is 15.9 Å². The standard InChI is InChI=1S/C13H11BrO2S/c1-8-10(7-12(14)17-8)13(15)9-5-3-4-6-11(9)16-2/h3-7H,1-2H3. The van der Waals surface area contributed by atoms with Gasteiger partial charge in [0.25, 0.3) is 0 Å². The van der Waals surface area contributed by atoms with Crippen LogP contribution in [0.1, 0.15) is 20.8 Å². The van der Waals surface area contributed by atoms with Gasteiger partial charge in [0.1, 0.15) is 5.75 Å². The van der Waals surface area contributed by atoms with Crippen LogP contribution < -0.4 is 4.74 Å². The Hall–Kier alpha value is -1.13. The largest absolute Gasteiger partial charge is 0.496 e. The number of rotatable bonds is 3. The highest BCUT2D eigenvalue weighted by Gasteiger charge is 2.17. The van der Waals surface area contributed by atoms with Crippen LogP contribution in [0.25, 0.3) is 0 Å². The summed E-state index contributed by atoms with van der Waals surface area (Å²) >= 11 is 4.96. The Balaban J connectivity index is 2.47. The van der Waals surface area contributed by atoms with Gasteiger partial charge in [-0.05, 0) is 41.1 Å². The first-order chi connectivity index (χ1) is 8.13. The predicted octanol–water partition coefficient (Wildman–Crippen LogP) is 4.06. The third kappa shape index (κ3) is 2.42. The number of benzene rings is 1. The van der Waals surface area contributed by atoms with Gasteiger partial charge in [-0.25, -0.2) is 0 Å². The molecular formula is C13H11BrO2S. The van der Waals surface area contributed by atoms with Crippen molar-refractivity contribution in [2.24, 2.45) is 0 Å². The molecule has 0 aliphatic rings. The number of hydrogen-bond donors (Lipinski definition) is 0. The summed E-state index contributed by atoms with van der Waals surface area (Å²) in [6.07, 6.45) is 0. The monoisotopic (exact) mass is 310 g/mol. The number of aryl methyl sites for hydroxylation is 1. The molecule has 0 fully saturated rings. The van der Waals surface area contributed by atoms with Gasteiger partial charge in [0.2, 0.25) is 0 Å². The first-order valence-electron chi connectivity index (χ1n) is 5.07. The topological polar surface area (TPSA) is 26.3 Å². The van der Waals surface area contributed by atoms with Gasteiger partial charge < -0.3 is 4.74 Å². The maximum Gasteiger partial charge on any atom is 0.197 e. The van der Waals surface area contributed by atoms with Gasteiger partial charge in [0, 0.05) is 10.4 Å². The second-order valence-electron chi connectivity index (χ2n) is 3.55. The quantitative estimate of drug-likeness (QED) is 0.799. The maximum absolute atomic E-state index is 12.4. The van der Waals surface area contributed by atoms with Gasteiger partial charge in [0.05, 0.1) is 16.5 Å². The lowest BCUT2D eigenvalue weighted by atomic mass is 10.0. The molecule has 0 saturated carbocycles. The molecular weight excluding hydrogens is 300 g/mol. The van der Waals surface area contributed by atoms with E-state index in [0.29, 0.717) is 11.3 Å². The third-order valence-corrected chi connectivity index (χ3v) is 4.04. The molecule has 2 rings (SSSR count). The van der Waals surface area contributed by atoms with Gasteiger partial charge in [-0.1, -0.05) is 12.1 Å². The van der Waals surface area contributed by atoms with E-state index in [1.165, 1.54) is 0 Å². The number of para-hydroxylation sites is 1. The first kappa shape index (κ1) is 12.3. The Morgan fingerprint density at radius 1 is 1.29 bits per heavy atom. The minimum absolute atomic E-state index is 0.00176. The molecule has 1 aromatic heterocycles. The Kier molecular flexibility index (Phi) is 3.64. The molecule has 0 N–H and O–H groups in total. The summed E-state index contributed by atoms with van der Waals surface area (Å²) in [5, 5.41) is 0.